The Morgan fingerprint density at radius 1 is 1.19 bits per heavy atom. The fourth-order valence-electron chi connectivity index (χ4n) is 3.38. The van der Waals surface area contributed by atoms with Crippen LogP contribution in [0.4, 0.5) is 5.69 Å². The number of carbonyl (C=O) groups excluding carboxylic acids is 1. The zero-order valence-corrected chi connectivity index (χ0v) is 17.9. The van der Waals surface area contributed by atoms with Crippen LogP contribution in [0.2, 0.25) is 5.02 Å². The molecule has 0 bridgehead atoms. The van der Waals surface area contributed by atoms with E-state index in [-0.39, 0.29) is 12.5 Å². The van der Waals surface area contributed by atoms with E-state index in [1.165, 1.54) is 27.6 Å². The Morgan fingerprint density at radius 2 is 2.00 bits per heavy atom. The molecule has 2 aromatic carbocycles. The summed E-state index contributed by atoms with van der Waals surface area (Å²) in [5, 5.41) is 9.66. The second-order valence-corrected chi connectivity index (χ2v) is 8.45. The highest BCUT2D eigenvalue weighted by atomic mass is 35.5. The van der Waals surface area contributed by atoms with Crippen molar-refractivity contribution in [2.45, 2.75) is 13.5 Å². The Labute approximate surface area is 185 Å². The third-order valence-corrected chi connectivity index (χ3v) is 6.11. The average Bonchev–Trinajstić information content (AvgIpc) is 3.30. The van der Waals surface area contributed by atoms with E-state index < -0.39 is 5.69 Å². The van der Waals surface area contributed by atoms with E-state index in [9.17, 15) is 9.59 Å². The molecule has 0 unspecified atom stereocenters. The van der Waals surface area contributed by atoms with E-state index in [2.05, 4.69) is 27.5 Å². The van der Waals surface area contributed by atoms with Gasteiger partial charge in [0.05, 0.1) is 10.2 Å². The molecule has 9 heteroatoms. The van der Waals surface area contributed by atoms with Crippen LogP contribution >= 0.6 is 22.9 Å². The largest absolute Gasteiger partial charge is 0.352 e. The van der Waals surface area contributed by atoms with Crippen LogP contribution < -0.4 is 11.0 Å². The molecule has 31 heavy (non-hydrogen) atoms. The molecule has 1 N–H and O–H groups in total. The van der Waals surface area contributed by atoms with Crippen molar-refractivity contribution in [3.8, 4) is 11.1 Å². The summed E-state index contributed by atoms with van der Waals surface area (Å²) < 4.78 is 3.30. The maximum Gasteiger partial charge on any atom is 0.352 e. The van der Waals surface area contributed by atoms with Crippen molar-refractivity contribution in [3.05, 3.63) is 81.3 Å². The summed E-state index contributed by atoms with van der Waals surface area (Å²) in [7, 11) is 0. The molecule has 7 nitrogen and oxygen atoms in total. The van der Waals surface area contributed by atoms with Crippen LogP contribution in [0, 0.1) is 6.92 Å². The first-order valence-electron chi connectivity index (χ1n) is 9.47. The predicted molar refractivity (Wildman–Crippen MR) is 123 cm³/mol. The number of anilines is 1. The first-order chi connectivity index (χ1) is 15.0. The first-order valence-corrected chi connectivity index (χ1v) is 10.7. The van der Waals surface area contributed by atoms with Crippen molar-refractivity contribution in [2.75, 3.05) is 5.32 Å². The number of hydrogen-bond donors (Lipinski definition) is 1. The summed E-state index contributed by atoms with van der Waals surface area (Å²) in [4.78, 5) is 29.7. The maximum absolute atomic E-state index is 12.8. The number of halogens is 1. The highest BCUT2D eigenvalue weighted by Gasteiger charge is 2.17. The van der Waals surface area contributed by atoms with Gasteiger partial charge in [-0.2, -0.15) is 0 Å². The Morgan fingerprint density at radius 3 is 2.77 bits per heavy atom. The second-order valence-electron chi connectivity index (χ2n) is 7.13. The van der Waals surface area contributed by atoms with Gasteiger partial charge in [-0.05, 0) is 30.7 Å². The zero-order valence-electron chi connectivity index (χ0n) is 16.4. The molecule has 154 valence electrons. The quantitative estimate of drug-likeness (QED) is 0.441. The molecule has 3 heterocycles. The number of aromatic nitrogens is 4. The van der Waals surface area contributed by atoms with Gasteiger partial charge >= 0.3 is 5.69 Å². The van der Waals surface area contributed by atoms with Gasteiger partial charge in [0.25, 0.3) is 0 Å². The SMILES string of the molecule is Cc1ccc(-c2csc3c2ncn2c(=O)n(CC(=O)Nc4cccc(Cl)c4)nc32)cc1. The van der Waals surface area contributed by atoms with E-state index in [1.54, 1.807) is 24.3 Å². The molecule has 1 amide bonds. The number of amides is 1. The van der Waals surface area contributed by atoms with Gasteiger partial charge in [0, 0.05) is 21.7 Å². The lowest BCUT2D eigenvalue weighted by Crippen LogP contribution is -2.28. The lowest BCUT2D eigenvalue weighted by molar-refractivity contribution is -0.117. The van der Waals surface area contributed by atoms with Gasteiger partial charge in [-0.25, -0.2) is 18.9 Å². The minimum Gasteiger partial charge on any atom is -0.324 e. The molecule has 0 aliphatic heterocycles. The number of thiophene rings is 1. The van der Waals surface area contributed by atoms with E-state index in [4.69, 9.17) is 11.6 Å². The Bertz CT molecular complexity index is 1500. The van der Waals surface area contributed by atoms with E-state index in [1.807, 2.05) is 24.4 Å². The molecule has 3 aromatic heterocycles. The van der Waals surface area contributed by atoms with Crippen LogP contribution in [-0.4, -0.2) is 25.1 Å². The molecular weight excluding hydrogens is 434 g/mol. The monoisotopic (exact) mass is 449 g/mol. The number of rotatable bonds is 4. The molecule has 0 aliphatic rings. The number of hydrogen-bond acceptors (Lipinski definition) is 5. The van der Waals surface area contributed by atoms with Crippen LogP contribution in [0.5, 0.6) is 0 Å². The molecule has 0 aliphatic carbocycles. The molecule has 0 radical (unpaired) electrons. The number of nitrogens with zero attached hydrogens (tertiary/aromatic N) is 4. The molecule has 0 saturated carbocycles. The highest BCUT2D eigenvalue weighted by Crippen LogP contribution is 2.34. The zero-order chi connectivity index (χ0) is 21.5. The molecule has 0 spiro atoms. The summed E-state index contributed by atoms with van der Waals surface area (Å²) in [6, 6.07) is 15.0. The van der Waals surface area contributed by atoms with E-state index >= 15 is 0 Å². The standard InChI is InChI=1S/C22H16ClN5O2S/c1-13-5-7-14(8-6-13)17-11-31-20-19(17)24-12-27-21(20)26-28(22(27)30)10-18(29)25-16-4-2-3-15(23)9-16/h2-9,11-12H,10H2,1H3,(H,25,29). The molecule has 0 saturated heterocycles. The summed E-state index contributed by atoms with van der Waals surface area (Å²) >= 11 is 7.42. The number of benzene rings is 2. The Hall–Kier alpha value is -3.49. The molecule has 0 atom stereocenters. The topological polar surface area (TPSA) is 81.3 Å². The van der Waals surface area contributed by atoms with Crippen LogP contribution in [-0.2, 0) is 11.3 Å². The minimum absolute atomic E-state index is 0.218. The normalized spacial score (nSPS) is 11.3. The summed E-state index contributed by atoms with van der Waals surface area (Å²) in [6.07, 6.45) is 1.46. The lowest BCUT2D eigenvalue weighted by atomic mass is 10.1. The van der Waals surface area contributed by atoms with E-state index in [0.29, 0.717) is 16.4 Å². The smallest absolute Gasteiger partial charge is 0.324 e. The number of aryl methyl sites for hydroxylation is 1. The fourth-order valence-corrected chi connectivity index (χ4v) is 4.57. The molecular formula is C22H16ClN5O2S. The van der Waals surface area contributed by atoms with Crippen LogP contribution in [0.1, 0.15) is 5.56 Å². The fraction of sp³-hybridized carbons (Fsp3) is 0.0909. The lowest BCUT2D eigenvalue weighted by Gasteiger charge is -2.04. The van der Waals surface area contributed by atoms with Crippen molar-refractivity contribution in [1.29, 1.82) is 0 Å². The van der Waals surface area contributed by atoms with Gasteiger partial charge < -0.3 is 5.32 Å². The van der Waals surface area contributed by atoms with Gasteiger partial charge in [0.15, 0.2) is 5.65 Å². The maximum atomic E-state index is 12.8. The van der Waals surface area contributed by atoms with Gasteiger partial charge in [0.2, 0.25) is 5.91 Å². The van der Waals surface area contributed by atoms with Gasteiger partial charge in [-0.15, -0.1) is 16.4 Å². The van der Waals surface area contributed by atoms with Crippen LogP contribution in [0.15, 0.2) is 65.0 Å². The Kier molecular flexibility index (Phi) is 4.80. The third kappa shape index (κ3) is 3.60. The van der Waals surface area contributed by atoms with E-state index in [0.717, 1.165) is 26.0 Å². The van der Waals surface area contributed by atoms with Crippen LogP contribution in [0.25, 0.3) is 27.0 Å². The molecule has 5 aromatic rings. The summed E-state index contributed by atoms with van der Waals surface area (Å²) in [5.41, 5.74) is 4.62. The summed E-state index contributed by atoms with van der Waals surface area (Å²) in [6.45, 7) is 1.82. The van der Waals surface area contributed by atoms with Crippen molar-refractivity contribution in [2.24, 2.45) is 0 Å². The summed E-state index contributed by atoms with van der Waals surface area (Å²) in [5.74, 6) is -0.372. The minimum atomic E-state index is -0.420. The molecule has 5 rings (SSSR count). The second kappa shape index (κ2) is 7.64. The first kappa shape index (κ1) is 19.5. The average molecular weight is 450 g/mol. The number of fused-ring (bicyclic) bond motifs is 3. The van der Waals surface area contributed by atoms with Crippen molar-refractivity contribution < 1.29 is 4.79 Å². The van der Waals surface area contributed by atoms with Crippen molar-refractivity contribution >= 4 is 50.4 Å². The third-order valence-electron chi connectivity index (χ3n) is 4.91. The number of carbonyl (C=O) groups is 1. The number of nitrogens with one attached hydrogen (secondary N) is 1. The van der Waals surface area contributed by atoms with Gasteiger partial charge in [-0.3, -0.25) is 4.79 Å². The Balaban J connectivity index is 1.50. The van der Waals surface area contributed by atoms with Crippen molar-refractivity contribution in [1.82, 2.24) is 19.2 Å². The highest BCUT2D eigenvalue weighted by molar-refractivity contribution is 7.18. The molecule has 0 fully saturated rings. The van der Waals surface area contributed by atoms with Crippen LogP contribution in [0.3, 0.4) is 0 Å². The van der Waals surface area contributed by atoms with Crippen molar-refractivity contribution in [3.63, 3.8) is 0 Å². The predicted octanol–water partition coefficient (Wildman–Crippen LogP) is 4.37. The van der Waals surface area contributed by atoms with Gasteiger partial charge in [0.1, 0.15) is 12.9 Å². The van der Waals surface area contributed by atoms with Gasteiger partial charge in [-0.1, -0.05) is 47.5 Å².